The topological polar surface area (TPSA) is 66.5 Å². The molecule has 0 fully saturated rings. The van der Waals surface area contributed by atoms with E-state index in [-0.39, 0.29) is 24.1 Å². The zero-order chi connectivity index (χ0) is 15.6. The average Bonchev–Trinajstić information content (AvgIpc) is 2.65. The van der Waals surface area contributed by atoms with Gasteiger partial charge in [-0.2, -0.15) is 0 Å². The fourth-order valence-electron chi connectivity index (χ4n) is 2.43. The number of Topliss-reactive ketones (excluding diaryl/α,β-unsaturated/α-hetero) is 1. The van der Waals surface area contributed by atoms with Crippen molar-refractivity contribution in [3.05, 3.63) is 28.8 Å². The minimum absolute atomic E-state index is 0.0293. The molecule has 1 aliphatic heterocycles. The lowest BCUT2D eigenvalue weighted by molar-refractivity contribution is -0.122. The minimum atomic E-state index is -0.712. The SMILES string of the molecule is CCCC(C)NC(=O)CN1C(=O)C(=O)c2cccc(Cl)c21. The van der Waals surface area contributed by atoms with Crippen LogP contribution >= 0.6 is 11.6 Å². The highest BCUT2D eigenvalue weighted by Gasteiger charge is 2.38. The van der Waals surface area contributed by atoms with Gasteiger partial charge in [-0.3, -0.25) is 19.3 Å². The Morgan fingerprint density at radius 2 is 2.10 bits per heavy atom. The molecule has 1 unspecified atom stereocenters. The Morgan fingerprint density at radius 1 is 1.38 bits per heavy atom. The molecule has 0 aliphatic carbocycles. The summed E-state index contributed by atoms with van der Waals surface area (Å²) >= 11 is 6.06. The number of carbonyl (C=O) groups excluding carboxylic acids is 3. The summed E-state index contributed by atoms with van der Waals surface area (Å²) in [5, 5.41) is 3.10. The first-order valence-corrected chi connectivity index (χ1v) is 7.27. The van der Waals surface area contributed by atoms with Crippen molar-refractivity contribution >= 4 is 34.9 Å². The van der Waals surface area contributed by atoms with Crippen LogP contribution in [0.25, 0.3) is 0 Å². The zero-order valence-corrected chi connectivity index (χ0v) is 12.7. The molecule has 2 amide bonds. The van der Waals surface area contributed by atoms with Crippen molar-refractivity contribution < 1.29 is 14.4 Å². The highest BCUT2D eigenvalue weighted by molar-refractivity contribution is 6.54. The molecule has 1 heterocycles. The molecule has 6 heteroatoms. The Morgan fingerprint density at radius 3 is 2.76 bits per heavy atom. The molecule has 21 heavy (non-hydrogen) atoms. The second-order valence-electron chi connectivity index (χ2n) is 5.11. The van der Waals surface area contributed by atoms with Gasteiger partial charge < -0.3 is 5.32 Å². The molecule has 0 bridgehead atoms. The highest BCUT2D eigenvalue weighted by atomic mass is 35.5. The maximum Gasteiger partial charge on any atom is 0.300 e. The first kappa shape index (κ1) is 15.5. The van der Waals surface area contributed by atoms with Crippen LogP contribution < -0.4 is 10.2 Å². The van der Waals surface area contributed by atoms with Gasteiger partial charge in [0, 0.05) is 6.04 Å². The van der Waals surface area contributed by atoms with Gasteiger partial charge in [-0.25, -0.2) is 0 Å². The number of ketones is 1. The maximum absolute atomic E-state index is 12.0. The van der Waals surface area contributed by atoms with Crippen LogP contribution in [-0.2, 0) is 9.59 Å². The number of anilines is 1. The third-order valence-corrected chi connectivity index (χ3v) is 3.68. The summed E-state index contributed by atoms with van der Waals surface area (Å²) in [6, 6.07) is 4.77. The average molecular weight is 309 g/mol. The first-order chi connectivity index (χ1) is 9.95. The van der Waals surface area contributed by atoms with Gasteiger partial charge in [0.25, 0.3) is 11.7 Å². The van der Waals surface area contributed by atoms with E-state index in [2.05, 4.69) is 5.32 Å². The summed E-state index contributed by atoms with van der Waals surface area (Å²) in [7, 11) is 0. The number of fused-ring (bicyclic) bond motifs is 1. The Labute approximate surface area is 128 Å². The maximum atomic E-state index is 12.0. The molecule has 0 radical (unpaired) electrons. The molecular formula is C15H17ClN2O3. The molecule has 2 rings (SSSR count). The van der Waals surface area contributed by atoms with Gasteiger partial charge in [0.15, 0.2) is 0 Å². The fraction of sp³-hybridized carbons (Fsp3) is 0.400. The van der Waals surface area contributed by atoms with E-state index in [9.17, 15) is 14.4 Å². The number of carbonyl (C=O) groups is 3. The number of amides is 2. The molecule has 0 aromatic heterocycles. The molecule has 1 aromatic rings. The molecule has 0 spiro atoms. The van der Waals surface area contributed by atoms with Gasteiger partial charge in [0.1, 0.15) is 6.54 Å². The number of rotatable bonds is 5. The van der Waals surface area contributed by atoms with Crippen LogP contribution in [0.2, 0.25) is 5.02 Å². The molecule has 1 N–H and O–H groups in total. The zero-order valence-electron chi connectivity index (χ0n) is 12.0. The Kier molecular flexibility index (Phi) is 4.63. The number of hydrogen-bond acceptors (Lipinski definition) is 3. The van der Waals surface area contributed by atoms with Crippen LogP contribution in [0.1, 0.15) is 37.0 Å². The summed E-state index contributed by atoms with van der Waals surface area (Å²) in [6.07, 6.45) is 1.81. The van der Waals surface area contributed by atoms with Crippen molar-refractivity contribution in [2.45, 2.75) is 32.7 Å². The largest absolute Gasteiger partial charge is 0.352 e. The molecule has 1 atom stereocenters. The van der Waals surface area contributed by atoms with Gasteiger partial charge in [-0.1, -0.05) is 31.0 Å². The Balaban J connectivity index is 2.17. The quantitative estimate of drug-likeness (QED) is 0.848. The van der Waals surface area contributed by atoms with Gasteiger partial charge in [-0.05, 0) is 25.5 Å². The van der Waals surface area contributed by atoms with Crippen molar-refractivity contribution in [2.75, 3.05) is 11.4 Å². The van der Waals surface area contributed by atoms with E-state index in [1.807, 2.05) is 13.8 Å². The van der Waals surface area contributed by atoms with Crippen LogP contribution in [0.4, 0.5) is 5.69 Å². The number of halogens is 1. The highest BCUT2D eigenvalue weighted by Crippen LogP contribution is 2.35. The predicted octanol–water partition coefficient (Wildman–Crippen LogP) is 2.17. The monoisotopic (exact) mass is 308 g/mol. The second kappa shape index (κ2) is 6.26. The lowest BCUT2D eigenvalue weighted by Gasteiger charge is -2.19. The smallest absolute Gasteiger partial charge is 0.300 e. The summed E-state index contributed by atoms with van der Waals surface area (Å²) in [6.45, 7) is 3.73. The van der Waals surface area contributed by atoms with E-state index in [0.29, 0.717) is 10.7 Å². The molecule has 0 saturated heterocycles. The summed E-state index contributed by atoms with van der Waals surface area (Å²) < 4.78 is 0. The summed E-state index contributed by atoms with van der Waals surface area (Å²) in [4.78, 5) is 37.0. The number of nitrogens with zero attached hydrogens (tertiary/aromatic N) is 1. The van der Waals surface area contributed by atoms with E-state index in [0.717, 1.165) is 17.7 Å². The minimum Gasteiger partial charge on any atom is -0.352 e. The third kappa shape index (κ3) is 3.08. The van der Waals surface area contributed by atoms with E-state index < -0.39 is 11.7 Å². The number of benzene rings is 1. The molecule has 1 aromatic carbocycles. The van der Waals surface area contributed by atoms with Crippen molar-refractivity contribution in [2.24, 2.45) is 0 Å². The standard InChI is InChI=1S/C15H17ClN2O3/c1-3-5-9(2)17-12(19)8-18-13-10(14(20)15(18)21)6-4-7-11(13)16/h4,6-7,9H,3,5,8H2,1-2H3,(H,17,19). The van der Waals surface area contributed by atoms with E-state index >= 15 is 0 Å². The molecule has 5 nitrogen and oxygen atoms in total. The molecule has 0 saturated carbocycles. The van der Waals surface area contributed by atoms with Gasteiger partial charge in [-0.15, -0.1) is 0 Å². The van der Waals surface area contributed by atoms with Crippen molar-refractivity contribution in [3.63, 3.8) is 0 Å². The van der Waals surface area contributed by atoms with Crippen molar-refractivity contribution in [1.82, 2.24) is 5.32 Å². The van der Waals surface area contributed by atoms with Crippen LogP contribution in [0.3, 0.4) is 0 Å². The summed E-state index contributed by atoms with van der Waals surface area (Å²) in [5.41, 5.74) is 0.578. The number of nitrogens with one attached hydrogen (secondary N) is 1. The van der Waals surface area contributed by atoms with E-state index in [1.165, 1.54) is 0 Å². The van der Waals surface area contributed by atoms with Crippen molar-refractivity contribution in [3.8, 4) is 0 Å². The fourth-order valence-corrected chi connectivity index (χ4v) is 2.71. The Hall–Kier alpha value is -1.88. The summed E-state index contributed by atoms with van der Waals surface area (Å²) in [5.74, 6) is -1.64. The third-order valence-electron chi connectivity index (χ3n) is 3.37. The van der Waals surface area contributed by atoms with Crippen molar-refractivity contribution in [1.29, 1.82) is 0 Å². The van der Waals surface area contributed by atoms with Crippen LogP contribution in [0.15, 0.2) is 18.2 Å². The van der Waals surface area contributed by atoms with Gasteiger partial charge in [0.05, 0.1) is 16.3 Å². The lowest BCUT2D eigenvalue weighted by Crippen LogP contribution is -2.43. The molecule has 1 aliphatic rings. The predicted molar refractivity (Wildman–Crippen MR) is 80.6 cm³/mol. The van der Waals surface area contributed by atoms with E-state index in [1.54, 1.807) is 18.2 Å². The number of hydrogen-bond donors (Lipinski definition) is 1. The normalized spacial score (nSPS) is 15.1. The van der Waals surface area contributed by atoms with Crippen LogP contribution in [-0.4, -0.2) is 30.2 Å². The molecule has 112 valence electrons. The van der Waals surface area contributed by atoms with Gasteiger partial charge >= 0.3 is 0 Å². The Bertz CT molecular complexity index is 601. The molecular weight excluding hydrogens is 292 g/mol. The van der Waals surface area contributed by atoms with Crippen LogP contribution in [0, 0.1) is 0 Å². The van der Waals surface area contributed by atoms with Crippen LogP contribution in [0.5, 0.6) is 0 Å². The first-order valence-electron chi connectivity index (χ1n) is 6.89. The second-order valence-corrected chi connectivity index (χ2v) is 5.52. The lowest BCUT2D eigenvalue weighted by atomic mass is 10.1. The van der Waals surface area contributed by atoms with E-state index in [4.69, 9.17) is 11.6 Å². The van der Waals surface area contributed by atoms with Gasteiger partial charge in [0.2, 0.25) is 5.91 Å². The number of para-hydroxylation sites is 1.